The van der Waals surface area contributed by atoms with Crippen molar-refractivity contribution in [2.75, 3.05) is 19.6 Å². The zero-order chi connectivity index (χ0) is 25.5. The summed E-state index contributed by atoms with van der Waals surface area (Å²) in [5.41, 5.74) is 4.69. The predicted molar refractivity (Wildman–Crippen MR) is 139 cm³/mol. The minimum absolute atomic E-state index is 0.0130. The Morgan fingerprint density at radius 3 is 2.40 bits per heavy atom. The Bertz CT molecular complexity index is 1170. The molecule has 35 heavy (non-hydrogen) atoms. The Hall–Kier alpha value is -3.52. The maximum Gasteiger partial charge on any atom is 0.270 e. The molecule has 1 heterocycles. The third kappa shape index (κ3) is 6.54. The highest BCUT2D eigenvalue weighted by molar-refractivity contribution is 5.94. The van der Waals surface area contributed by atoms with E-state index in [1.807, 2.05) is 32.9 Å². The van der Waals surface area contributed by atoms with Gasteiger partial charge in [0.2, 0.25) is 0 Å². The van der Waals surface area contributed by atoms with Gasteiger partial charge >= 0.3 is 0 Å². The second kappa shape index (κ2) is 11.8. The molecule has 0 aliphatic rings. The van der Waals surface area contributed by atoms with Crippen LogP contribution in [0.3, 0.4) is 0 Å². The average molecular weight is 478 g/mol. The zero-order valence-corrected chi connectivity index (χ0v) is 21.2. The molecule has 1 atom stereocenters. The quantitative estimate of drug-likeness (QED) is 0.299. The normalized spacial score (nSPS) is 12.1. The van der Waals surface area contributed by atoms with E-state index < -0.39 is 4.92 Å². The van der Waals surface area contributed by atoms with Crippen LogP contribution in [0, 0.1) is 24.0 Å². The molecule has 1 aromatic heterocycles. The summed E-state index contributed by atoms with van der Waals surface area (Å²) in [6, 6.07) is 14.0. The van der Waals surface area contributed by atoms with E-state index in [2.05, 4.69) is 30.1 Å². The van der Waals surface area contributed by atoms with Gasteiger partial charge in [-0.2, -0.15) is 5.10 Å². The Kier molecular flexibility index (Phi) is 8.76. The molecule has 3 aromatic rings. The zero-order valence-electron chi connectivity index (χ0n) is 21.2. The highest BCUT2D eigenvalue weighted by Gasteiger charge is 2.20. The number of rotatable bonds is 11. The summed E-state index contributed by atoms with van der Waals surface area (Å²) >= 11 is 0. The van der Waals surface area contributed by atoms with Crippen LogP contribution in [0.1, 0.15) is 55.2 Å². The van der Waals surface area contributed by atoms with E-state index in [9.17, 15) is 14.9 Å². The van der Waals surface area contributed by atoms with Crippen molar-refractivity contribution in [3.05, 3.63) is 75.5 Å². The van der Waals surface area contributed by atoms with Gasteiger partial charge < -0.3 is 10.2 Å². The lowest BCUT2D eigenvalue weighted by atomic mass is 10.1. The number of benzene rings is 2. The van der Waals surface area contributed by atoms with Gasteiger partial charge in [0.05, 0.1) is 16.3 Å². The first-order chi connectivity index (χ1) is 16.7. The fourth-order valence-electron chi connectivity index (χ4n) is 4.20. The number of carbonyl (C=O) groups is 1. The second-order valence-electron chi connectivity index (χ2n) is 8.96. The number of nitro benzene ring substituents is 1. The van der Waals surface area contributed by atoms with Crippen molar-refractivity contribution < 1.29 is 9.72 Å². The van der Waals surface area contributed by atoms with Crippen molar-refractivity contribution in [1.82, 2.24) is 20.0 Å². The Morgan fingerprint density at radius 2 is 1.80 bits per heavy atom. The lowest BCUT2D eigenvalue weighted by molar-refractivity contribution is -0.384. The molecule has 186 valence electrons. The molecule has 0 spiro atoms. The lowest BCUT2D eigenvalue weighted by Crippen LogP contribution is -2.34. The third-order valence-electron chi connectivity index (χ3n) is 6.28. The topological polar surface area (TPSA) is 93.3 Å². The van der Waals surface area contributed by atoms with Gasteiger partial charge in [-0.1, -0.05) is 31.5 Å². The van der Waals surface area contributed by atoms with Gasteiger partial charge in [-0.3, -0.25) is 14.9 Å². The van der Waals surface area contributed by atoms with E-state index in [1.165, 1.54) is 12.1 Å². The monoisotopic (exact) mass is 477 g/mol. The summed E-state index contributed by atoms with van der Waals surface area (Å²) in [6.07, 6.45) is 1.89. The molecule has 8 nitrogen and oxygen atoms in total. The Labute approximate surface area is 207 Å². The fraction of sp³-hybridized carbons (Fsp3) is 0.407. The van der Waals surface area contributed by atoms with Crippen molar-refractivity contribution in [1.29, 1.82) is 0 Å². The average Bonchev–Trinajstić information content (AvgIpc) is 3.27. The van der Waals surface area contributed by atoms with Gasteiger partial charge in [-0.25, -0.2) is 4.68 Å². The highest BCUT2D eigenvalue weighted by atomic mass is 16.6. The Balaban J connectivity index is 1.88. The highest BCUT2D eigenvalue weighted by Crippen LogP contribution is 2.25. The van der Waals surface area contributed by atoms with Crippen molar-refractivity contribution in [3.8, 4) is 16.9 Å². The number of non-ortho nitro benzene ring substituents is 1. The summed E-state index contributed by atoms with van der Waals surface area (Å²) in [7, 11) is 0. The van der Waals surface area contributed by atoms with E-state index >= 15 is 0 Å². The van der Waals surface area contributed by atoms with Crippen molar-refractivity contribution in [3.63, 3.8) is 0 Å². The molecular formula is C27H35N5O3. The standard InChI is InChI=1S/C27H35N5O3/c1-6-30(7-2)16-8-9-21(5)28-27(33)26-18-24(22-11-13-23(14-12-22)32(34)35)29-31(26)25-15-10-19(3)17-20(25)4/h10-15,17-18,21H,6-9,16H2,1-5H3,(H,28,33). The van der Waals surface area contributed by atoms with Gasteiger partial charge in [0.1, 0.15) is 5.69 Å². The Morgan fingerprint density at radius 1 is 1.11 bits per heavy atom. The van der Waals surface area contributed by atoms with Crippen LogP contribution in [-0.2, 0) is 0 Å². The van der Waals surface area contributed by atoms with Crippen LogP contribution in [0.5, 0.6) is 0 Å². The van der Waals surface area contributed by atoms with Crippen LogP contribution in [0.4, 0.5) is 5.69 Å². The summed E-state index contributed by atoms with van der Waals surface area (Å²) in [5, 5.41) is 18.9. The molecule has 1 amide bonds. The smallest absolute Gasteiger partial charge is 0.270 e. The van der Waals surface area contributed by atoms with E-state index in [0.717, 1.165) is 49.3 Å². The summed E-state index contributed by atoms with van der Waals surface area (Å²) in [5.74, 6) is -0.194. The number of aryl methyl sites for hydroxylation is 2. The molecule has 1 unspecified atom stereocenters. The third-order valence-corrected chi connectivity index (χ3v) is 6.28. The fourth-order valence-corrected chi connectivity index (χ4v) is 4.20. The maximum atomic E-state index is 13.4. The largest absolute Gasteiger partial charge is 0.348 e. The molecular weight excluding hydrogens is 442 g/mol. The van der Waals surface area contributed by atoms with Gasteiger partial charge in [0.25, 0.3) is 11.6 Å². The minimum Gasteiger partial charge on any atom is -0.348 e. The molecule has 0 radical (unpaired) electrons. The van der Waals surface area contributed by atoms with Crippen LogP contribution in [0.15, 0.2) is 48.5 Å². The molecule has 0 bridgehead atoms. The molecule has 0 aliphatic carbocycles. The number of hydrogen-bond donors (Lipinski definition) is 1. The first kappa shape index (κ1) is 26.1. The number of amides is 1. The minimum atomic E-state index is -0.432. The molecule has 2 aromatic carbocycles. The van der Waals surface area contributed by atoms with Crippen LogP contribution in [0.2, 0.25) is 0 Å². The van der Waals surface area contributed by atoms with Gasteiger partial charge in [-0.15, -0.1) is 0 Å². The van der Waals surface area contributed by atoms with Crippen molar-refractivity contribution in [2.24, 2.45) is 0 Å². The number of nitro groups is 1. The number of nitrogens with one attached hydrogen (secondary N) is 1. The number of carbonyl (C=O) groups excluding carboxylic acids is 1. The van der Waals surface area contributed by atoms with Crippen LogP contribution < -0.4 is 5.32 Å². The molecule has 0 saturated heterocycles. The maximum absolute atomic E-state index is 13.4. The van der Waals surface area contributed by atoms with E-state index in [-0.39, 0.29) is 17.6 Å². The van der Waals surface area contributed by atoms with E-state index in [0.29, 0.717) is 17.0 Å². The summed E-state index contributed by atoms with van der Waals surface area (Å²) in [4.78, 5) is 26.3. The molecule has 0 aliphatic heterocycles. The summed E-state index contributed by atoms with van der Waals surface area (Å²) < 4.78 is 1.67. The molecule has 0 saturated carbocycles. The number of hydrogen-bond acceptors (Lipinski definition) is 5. The van der Waals surface area contributed by atoms with Gasteiger partial charge in [0, 0.05) is 23.7 Å². The first-order valence-corrected chi connectivity index (χ1v) is 12.2. The first-order valence-electron chi connectivity index (χ1n) is 12.2. The van der Waals surface area contributed by atoms with Crippen LogP contribution in [0.25, 0.3) is 16.9 Å². The number of aromatic nitrogens is 2. The molecule has 8 heteroatoms. The molecule has 1 N–H and O–H groups in total. The number of nitrogens with zero attached hydrogens (tertiary/aromatic N) is 4. The van der Waals surface area contributed by atoms with Crippen LogP contribution in [-0.4, -0.2) is 51.2 Å². The van der Waals surface area contributed by atoms with Crippen molar-refractivity contribution >= 4 is 11.6 Å². The van der Waals surface area contributed by atoms with E-state index in [4.69, 9.17) is 5.10 Å². The predicted octanol–water partition coefficient (Wildman–Crippen LogP) is 5.30. The van der Waals surface area contributed by atoms with Gasteiger partial charge in [0.15, 0.2) is 0 Å². The van der Waals surface area contributed by atoms with Crippen molar-refractivity contribution in [2.45, 2.75) is 53.5 Å². The molecule has 3 rings (SSSR count). The summed E-state index contributed by atoms with van der Waals surface area (Å²) in [6.45, 7) is 13.4. The van der Waals surface area contributed by atoms with Gasteiger partial charge in [-0.05, 0) is 83.1 Å². The SMILES string of the molecule is CCN(CC)CCCC(C)NC(=O)c1cc(-c2ccc([N+](=O)[O-])cc2)nn1-c1ccc(C)cc1C. The second-order valence-corrected chi connectivity index (χ2v) is 8.96. The van der Waals surface area contributed by atoms with E-state index in [1.54, 1.807) is 22.9 Å². The lowest BCUT2D eigenvalue weighted by Gasteiger charge is -2.20. The van der Waals surface area contributed by atoms with Crippen LogP contribution >= 0.6 is 0 Å². The molecule has 0 fully saturated rings.